The summed E-state index contributed by atoms with van der Waals surface area (Å²) in [6.07, 6.45) is -2.74. The molecule has 1 saturated heterocycles. The van der Waals surface area contributed by atoms with Crippen LogP contribution in [0.1, 0.15) is 30.8 Å². The molecule has 0 bridgehead atoms. The number of benzene rings is 2. The van der Waals surface area contributed by atoms with Gasteiger partial charge in [-0.2, -0.15) is 4.99 Å². The van der Waals surface area contributed by atoms with Crippen molar-refractivity contribution in [3.05, 3.63) is 66.0 Å². The molecule has 7 nitrogen and oxygen atoms in total. The Hall–Kier alpha value is -3.33. The van der Waals surface area contributed by atoms with E-state index in [-0.39, 0.29) is 17.8 Å². The molecular formula is C23H24F2N6O. The number of halogens is 2. The topological polar surface area (TPSA) is 58.2 Å². The number of ether oxygens (including phenoxy) is 1. The molecular weight excluding hydrogens is 414 g/mol. The Morgan fingerprint density at radius 3 is 2.44 bits per heavy atom. The van der Waals surface area contributed by atoms with Gasteiger partial charge in [-0.1, -0.05) is 42.5 Å². The Balaban J connectivity index is 1.58. The number of alkyl halides is 2. The molecule has 0 spiro atoms. The second-order valence-corrected chi connectivity index (χ2v) is 7.76. The van der Waals surface area contributed by atoms with E-state index < -0.39 is 6.43 Å². The number of guanidine groups is 1. The summed E-state index contributed by atoms with van der Waals surface area (Å²) in [6, 6.07) is 17.2. The van der Waals surface area contributed by atoms with Crippen LogP contribution < -0.4 is 0 Å². The highest BCUT2D eigenvalue weighted by molar-refractivity contribution is 6.01. The fourth-order valence-electron chi connectivity index (χ4n) is 4.14. The molecule has 0 amide bonds. The number of rotatable bonds is 3. The molecule has 1 fully saturated rings. The highest BCUT2D eigenvalue weighted by Crippen LogP contribution is 2.28. The summed E-state index contributed by atoms with van der Waals surface area (Å²) in [5.41, 5.74) is 2.19. The van der Waals surface area contributed by atoms with Crippen LogP contribution >= 0.6 is 0 Å². The minimum absolute atomic E-state index is 0.0113. The van der Waals surface area contributed by atoms with Crippen molar-refractivity contribution in [2.24, 2.45) is 9.98 Å². The van der Waals surface area contributed by atoms with Crippen LogP contribution in [0.4, 0.5) is 8.78 Å². The Morgan fingerprint density at radius 2 is 1.69 bits per heavy atom. The molecule has 32 heavy (non-hydrogen) atoms. The summed E-state index contributed by atoms with van der Waals surface area (Å²) in [7, 11) is 0. The lowest BCUT2D eigenvalue weighted by Crippen LogP contribution is -2.52. The van der Waals surface area contributed by atoms with Gasteiger partial charge in [0.25, 0.3) is 6.43 Å². The average Bonchev–Trinajstić information content (AvgIpc) is 3.24. The zero-order chi connectivity index (χ0) is 22.1. The summed E-state index contributed by atoms with van der Waals surface area (Å²) in [5.74, 6) is 0.597. The van der Waals surface area contributed by atoms with E-state index in [2.05, 4.69) is 38.8 Å². The smallest absolute Gasteiger partial charge is 0.296 e. The molecule has 5 rings (SSSR count). The van der Waals surface area contributed by atoms with Crippen LogP contribution in [0.15, 0.2) is 64.6 Å². The summed E-state index contributed by atoms with van der Waals surface area (Å²) in [4.78, 5) is 17.8. The van der Waals surface area contributed by atoms with E-state index in [0.717, 1.165) is 5.56 Å². The zero-order valence-corrected chi connectivity index (χ0v) is 17.7. The maximum atomic E-state index is 13.9. The maximum Gasteiger partial charge on any atom is 0.296 e. The van der Waals surface area contributed by atoms with Gasteiger partial charge < -0.3 is 14.5 Å². The largest absolute Gasteiger partial charge is 0.378 e. The van der Waals surface area contributed by atoms with Crippen molar-refractivity contribution in [2.75, 3.05) is 33.0 Å². The van der Waals surface area contributed by atoms with Crippen LogP contribution in [0.3, 0.4) is 0 Å². The summed E-state index contributed by atoms with van der Waals surface area (Å²) in [6.45, 7) is 4.94. The second kappa shape index (κ2) is 8.66. The number of fused-ring (bicyclic) bond motifs is 1. The number of para-hydroxylation sites is 2. The molecule has 0 N–H and O–H groups in total. The van der Waals surface area contributed by atoms with Crippen molar-refractivity contribution in [1.29, 1.82) is 0 Å². The fraction of sp³-hybridized carbons (Fsp3) is 0.348. The third kappa shape index (κ3) is 3.73. The van der Waals surface area contributed by atoms with Crippen molar-refractivity contribution >= 4 is 23.0 Å². The van der Waals surface area contributed by atoms with Gasteiger partial charge in [0, 0.05) is 13.1 Å². The molecule has 9 heteroatoms. The number of aliphatic imine (C=N–C) groups is 2. The van der Waals surface area contributed by atoms with Gasteiger partial charge in [0.05, 0.1) is 30.3 Å². The lowest BCUT2D eigenvalue weighted by Gasteiger charge is -2.40. The lowest BCUT2D eigenvalue weighted by molar-refractivity contribution is 0.0605. The van der Waals surface area contributed by atoms with Gasteiger partial charge in [0.2, 0.25) is 11.9 Å². The molecule has 3 aromatic rings. The lowest BCUT2D eigenvalue weighted by atomic mass is 10.1. The normalized spacial score (nSPS) is 18.1. The average molecular weight is 438 g/mol. The van der Waals surface area contributed by atoms with Gasteiger partial charge in [-0.05, 0) is 24.6 Å². The highest BCUT2D eigenvalue weighted by atomic mass is 19.3. The van der Waals surface area contributed by atoms with E-state index in [9.17, 15) is 8.78 Å². The molecule has 2 aliphatic heterocycles. The van der Waals surface area contributed by atoms with Gasteiger partial charge in [-0.15, -0.1) is 0 Å². The number of hydrogen-bond acceptors (Lipinski definition) is 6. The van der Waals surface area contributed by atoms with Gasteiger partial charge >= 0.3 is 0 Å². The van der Waals surface area contributed by atoms with Gasteiger partial charge in [-0.3, -0.25) is 4.57 Å². The number of morpholine rings is 1. The molecule has 3 heterocycles. The molecule has 0 radical (unpaired) electrons. The minimum atomic E-state index is -2.74. The van der Waals surface area contributed by atoms with Gasteiger partial charge in [-0.25, -0.2) is 18.8 Å². The van der Waals surface area contributed by atoms with Crippen molar-refractivity contribution in [3.8, 4) is 0 Å². The van der Waals surface area contributed by atoms with Gasteiger partial charge in [0.15, 0.2) is 5.82 Å². The first-order chi connectivity index (χ1) is 15.6. The van der Waals surface area contributed by atoms with E-state index in [1.807, 2.05) is 18.2 Å². The molecule has 2 aliphatic rings. The van der Waals surface area contributed by atoms with Crippen molar-refractivity contribution < 1.29 is 13.5 Å². The molecule has 2 aromatic carbocycles. The number of aromatic nitrogens is 2. The maximum absolute atomic E-state index is 13.9. The Bertz CT molecular complexity index is 1150. The second-order valence-electron chi connectivity index (χ2n) is 7.76. The van der Waals surface area contributed by atoms with Crippen LogP contribution in [0.25, 0.3) is 11.0 Å². The molecule has 0 aliphatic carbocycles. The van der Waals surface area contributed by atoms with Crippen LogP contribution in [-0.4, -0.2) is 64.2 Å². The van der Waals surface area contributed by atoms with E-state index in [0.29, 0.717) is 50.0 Å². The molecule has 0 saturated carbocycles. The van der Waals surface area contributed by atoms with Crippen LogP contribution in [0.2, 0.25) is 0 Å². The number of nitrogens with zero attached hydrogens (tertiary/aromatic N) is 6. The predicted molar refractivity (Wildman–Crippen MR) is 119 cm³/mol. The van der Waals surface area contributed by atoms with Crippen LogP contribution in [0.5, 0.6) is 0 Å². The Kier molecular flexibility index (Phi) is 5.57. The van der Waals surface area contributed by atoms with Crippen molar-refractivity contribution in [3.63, 3.8) is 0 Å². The summed E-state index contributed by atoms with van der Waals surface area (Å²) >= 11 is 0. The van der Waals surface area contributed by atoms with E-state index in [4.69, 9.17) is 9.73 Å². The van der Waals surface area contributed by atoms with Crippen molar-refractivity contribution in [1.82, 2.24) is 19.4 Å². The number of imidazole rings is 1. The van der Waals surface area contributed by atoms with E-state index in [1.165, 1.54) is 4.57 Å². The van der Waals surface area contributed by atoms with Crippen LogP contribution in [0, 0.1) is 0 Å². The monoisotopic (exact) mass is 438 g/mol. The molecule has 1 atom stereocenters. The first kappa shape index (κ1) is 20.6. The molecule has 1 aromatic heterocycles. The molecule has 1 unspecified atom stereocenters. The highest BCUT2D eigenvalue weighted by Gasteiger charge is 2.31. The molecule has 166 valence electrons. The Labute approximate surface area is 184 Å². The predicted octanol–water partition coefficient (Wildman–Crippen LogP) is 3.90. The van der Waals surface area contributed by atoms with Crippen molar-refractivity contribution in [2.45, 2.75) is 19.4 Å². The van der Waals surface area contributed by atoms with Crippen LogP contribution in [-0.2, 0) is 4.74 Å². The third-order valence-electron chi connectivity index (χ3n) is 5.85. The number of hydrogen-bond donors (Lipinski definition) is 0. The quantitative estimate of drug-likeness (QED) is 0.622. The standard InChI is InChI=1S/C23H24F2N6O/c1-16(17-7-3-2-4-8-17)30-15-26-22(28-23(30)29-11-13-32-14-12-29)31-19-10-6-5-9-18(19)27-21(31)20(24)25/h2-10,16,20H,11-15H2,1H3. The SMILES string of the molecule is CC(c1ccccc1)N1CN=C(n2c(C(F)F)nc3ccccc32)N=C1N1CCOCC1. The van der Waals surface area contributed by atoms with E-state index >= 15 is 0 Å². The zero-order valence-electron chi connectivity index (χ0n) is 17.7. The first-order valence-corrected chi connectivity index (χ1v) is 10.7. The summed E-state index contributed by atoms with van der Waals surface area (Å²) < 4.78 is 34.6. The van der Waals surface area contributed by atoms with E-state index in [1.54, 1.807) is 24.3 Å². The third-order valence-corrected chi connectivity index (χ3v) is 5.85. The van der Waals surface area contributed by atoms with Gasteiger partial charge in [0.1, 0.15) is 6.67 Å². The summed E-state index contributed by atoms with van der Waals surface area (Å²) in [5, 5.41) is 0. The fourth-order valence-corrected chi connectivity index (χ4v) is 4.14. The Morgan fingerprint density at radius 1 is 0.969 bits per heavy atom. The first-order valence-electron chi connectivity index (χ1n) is 10.7. The minimum Gasteiger partial charge on any atom is -0.378 e.